The first-order valence-electron chi connectivity index (χ1n) is 15.2. The fraction of sp³-hybridized carbons (Fsp3) is 0.897. The summed E-state index contributed by atoms with van der Waals surface area (Å²) in [5, 5.41) is 11.2. The maximum atomic E-state index is 13.6. The highest BCUT2D eigenvalue weighted by molar-refractivity contribution is 6.48. The van der Waals surface area contributed by atoms with Crippen molar-refractivity contribution in [3.05, 3.63) is 0 Å². The third kappa shape index (κ3) is 7.84. The van der Waals surface area contributed by atoms with E-state index >= 15 is 0 Å². The minimum Gasteiger partial charge on any atom is -0.444 e. The van der Waals surface area contributed by atoms with E-state index in [0.717, 1.165) is 32.1 Å². The molecule has 10 nitrogen and oxygen atoms in total. The number of hydrogen-bond donors (Lipinski definition) is 4. The molecule has 4 amide bonds. The number of nitrogens with one attached hydrogen (secondary N) is 4. The van der Waals surface area contributed by atoms with Gasteiger partial charge in [-0.25, -0.2) is 9.59 Å². The van der Waals surface area contributed by atoms with E-state index in [-0.39, 0.29) is 30.0 Å². The van der Waals surface area contributed by atoms with Gasteiger partial charge in [0.1, 0.15) is 11.6 Å². The summed E-state index contributed by atoms with van der Waals surface area (Å²) in [6, 6.07) is -1.43. The largest absolute Gasteiger partial charge is 0.481 e. The van der Waals surface area contributed by atoms with Crippen LogP contribution in [0.25, 0.3) is 0 Å². The van der Waals surface area contributed by atoms with E-state index in [1.165, 1.54) is 0 Å². The van der Waals surface area contributed by atoms with Gasteiger partial charge in [0.25, 0.3) is 0 Å². The van der Waals surface area contributed by atoms with Crippen LogP contribution in [0, 0.1) is 23.2 Å². The molecule has 4 rings (SSSR count). The summed E-state index contributed by atoms with van der Waals surface area (Å²) in [4.78, 5) is 38.6. The van der Waals surface area contributed by atoms with Crippen molar-refractivity contribution in [1.29, 1.82) is 0 Å². The second-order valence-corrected chi connectivity index (χ2v) is 14.1. The molecule has 0 aromatic heterocycles. The summed E-state index contributed by atoms with van der Waals surface area (Å²) < 4.78 is 18.5. The Kier molecular flexibility index (Phi) is 10.5. The van der Waals surface area contributed by atoms with Crippen molar-refractivity contribution in [3.8, 4) is 0 Å². The Labute approximate surface area is 241 Å². The topological polar surface area (TPSA) is 127 Å². The number of urea groups is 1. The molecule has 40 heavy (non-hydrogen) atoms. The van der Waals surface area contributed by atoms with Crippen LogP contribution in [0.2, 0.25) is 0 Å². The van der Waals surface area contributed by atoms with E-state index in [4.69, 9.17) is 14.0 Å². The smallest absolute Gasteiger partial charge is 0.444 e. The minimum atomic E-state index is -1.04. The summed E-state index contributed by atoms with van der Waals surface area (Å²) in [6.45, 7) is 18.8. The van der Waals surface area contributed by atoms with E-state index in [2.05, 4.69) is 62.8 Å². The maximum absolute atomic E-state index is 13.6. The van der Waals surface area contributed by atoms with Crippen molar-refractivity contribution >= 4 is 25.1 Å². The van der Waals surface area contributed by atoms with Crippen molar-refractivity contribution in [2.24, 2.45) is 23.2 Å². The van der Waals surface area contributed by atoms with Gasteiger partial charge in [-0.3, -0.25) is 4.79 Å². The number of unbranched alkanes of at least 4 members (excludes halogenated alkanes) is 2. The number of amides is 4. The Bertz CT molecular complexity index is 909. The van der Waals surface area contributed by atoms with Crippen LogP contribution in [0.5, 0.6) is 0 Å². The SMILES string of the molecule is CCCCCNC(=O)NC[C@H](NC(=O)OC(C)(C)C)C(=O)N[C@@H](CC(C)C)B1OC2C[C@@H]3C[C@@H](C3(C)C)[C@]2(C)O1. The molecule has 228 valence electrons. The van der Waals surface area contributed by atoms with Crippen LogP contribution in [0.15, 0.2) is 0 Å². The summed E-state index contributed by atoms with van der Waals surface area (Å²) in [6.07, 6.45) is 4.96. The van der Waals surface area contributed by atoms with Crippen molar-refractivity contribution in [2.45, 2.75) is 130 Å². The van der Waals surface area contributed by atoms with Crippen molar-refractivity contribution < 1.29 is 28.4 Å². The van der Waals surface area contributed by atoms with Gasteiger partial charge >= 0.3 is 19.2 Å². The predicted molar refractivity (Wildman–Crippen MR) is 156 cm³/mol. The molecule has 6 atom stereocenters. The average molecular weight is 565 g/mol. The third-order valence-electron chi connectivity index (χ3n) is 8.89. The van der Waals surface area contributed by atoms with E-state index < -0.39 is 42.3 Å². The fourth-order valence-electron chi connectivity index (χ4n) is 6.59. The molecule has 4 fully saturated rings. The quantitative estimate of drug-likeness (QED) is 0.208. The van der Waals surface area contributed by atoms with Crippen molar-refractivity contribution in [1.82, 2.24) is 21.3 Å². The minimum absolute atomic E-state index is 0.00500. The molecular weight excluding hydrogens is 511 g/mol. The molecule has 0 spiro atoms. The molecule has 3 saturated carbocycles. The molecule has 0 aromatic rings. The van der Waals surface area contributed by atoms with Crippen LogP contribution >= 0.6 is 0 Å². The van der Waals surface area contributed by atoms with E-state index in [9.17, 15) is 14.4 Å². The zero-order valence-electron chi connectivity index (χ0n) is 26.1. The zero-order valence-corrected chi connectivity index (χ0v) is 26.1. The summed E-state index contributed by atoms with van der Waals surface area (Å²) in [5.74, 6) is 0.450. The van der Waals surface area contributed by atoms with Crippen LogP contribution in [-0.4, -0.2) is 67.5 Å². The van der Waals surface area contributed by atoms with E-state index in [1.807, 2.05) is 0 Å². The molecule has 1 unspecified atom stereocenters. The van der Waals surface area contributed by atoms with Crippen LogP contribution in [0.4, 0.5) is 9.59 Å². The molecule has 11 heteroatoms. The molecule has 4 N–H and O–H groups in total. The molecule has 2 bridgehead atoms. The molecule has 1 aliphatic heterocycles. The number of carbonyl (C=O) groups is 3. The number of rotatable bonds is 12. The van der Waals surface area contributed by atoms with Gasteiger partial charge in [-0.2, -0.15) is 0 Å². The first-order chi connectivity index (χ1) is 18.6. The van der Waals surface area contributed by atoms with Gasteiger partial charge < -0.3 is 35.3 Å². The first-order valence-corrected chi connectivity index (χ1v) is 15.2. The highest BCUT2D eigenvalue weighted by Crippen LogP contribution is 2.65. The zero-order chi connectivity index (χ0) is 29.9. The Balaban J connectivity index is 1.69. The average Bonchev–Trinajstić information content (AvgIpc) is 3.19. The predicted octanol–water partition coefficient (Wildman–Crippen LogP) is 4.17. The van der Waals surface area contributed by atoms with E-state index in [1.54, 1.807) is 20.8 Å². The van der Waals surface area contributed by atoms with Gasteiger partial charge in [-0.15, -0.1) is 0 Å². The first kappa shape index (κ1) is 32.5. The summed E-state index contributed by atoms with van der Waals surface area (Å²) in [7, 11) is -0.589. The second-order valence-electron chi connectivity index (χ2n) is 14.1. The lowest BCUT2D eigenvalue weighted by Crippen LogP contribution is -2.65. The number of hydrogen-bond acceptors (Lipinski definition) is 6. The number of alkyl carbamates (subject to hydrolysis) is 1. The molecule has 3 aliphatic carbocycles. The number of ether oxygens (including phenoxy) is 1. The van der Waals surface area contributed by atoms with Crippen LogP contribution < -0.4 is 21.3 Å². The third-order valence-corrected chi connectivity index (χ3v) is 8.89. The molecule has 1 saturated heterocycles. The van der Waals surface area contributed by atoms with Gasteiger partial charge in [0.05, 0.1) is 17.6 Å². The lowest BCUT2D eigenvalue weighted by Gasteiger charge is -2.64. The standard InChI is InChI=1S/C29H53BN4O6/c1-10-11-12-13-31-25(36)32-17-20(33-26(37)38-27(4,5)6)24(35)34-23(14-18(2)3)30-39-22-16-19-15-21(28(19,7)8)29(22,9)40-30/h18-23H,10-17H2,1-9H3,(H,33,37)(H,34,35)(H2,31,32,36)/t19-,20-,21-,22?,23-,29-/m0/s1. The van der Waals surface area contributed by atoms with Gasteiger partial charge in [-0.1, -0.05) is 47.5 Å². The molecule has 4 aliphatic rings. The van der Waals surface area contributed by atoms with Crippen LogP contribution in [-0.2, 0) is 18.8 Å². The summed E-state index contributed by atoms with van der Waals surface area (Å²) in [5.41, 5.74) is -0.916. The monoisotopic (exact) mass is 564 g/mol. The Morgan fingerprint density at radius 1 is 1.05 bits per heavy atom. The lowest BCUT2D eigenvalue weighted by atomic mass is 9.43. The van der Waals surface area contributed by atoms with Gasteiger partial charge in [-0.05, 0) is 76.5 Å². The Morgan fingerprint density at radius 3 is 2.35 bits per heavy atom. The lowest BCUT2D eigenvalue weighted by molar-refractivity contribution is -0.199. The Hall–Kier alpha value is -2.01. The van der Waals surface area contributed by atoms with Crippen molar-refractivity contribution in [2.75, 3.05) is 13.1 Å². The van der Waals surface area contributed by atoms with Crippen LogP contribution in [0.1, 0.15) is 101 Å². The fourth-order valence-corrected chi connectivity index (χ4v) is 6.59. The molecule has 1 heterocycles. The van der Waals surface area contributed by atoms with Crippen LogP contribution in [0.3, 0.4) is 0 Å². The highest BCUT2D eigenvalue weighted by Gasteiger charge is 2.68. The van der Waals surface area contributed by atoms with Crippen molar-refractivity contribution in [3.63, 3.8) is 0 Å². The summed E-state index contributed by atoms with van der Waals surface area (Å²) >= 11 is 0. The number of carbonyl (C=O) groups excluding carboxylic acids is 3. The van der Waals surface area contributed by atoms with E-state index in [0.29, 0.717) is 24.8 Å². The molecular formula is C29H53BN4O6. The van der Waals surface area contributed by atoms with Gasteiger partial charge in [0, 0.05) is 13.1 Å². The normalized spacial score (nSPS) is 28.1. The molecule has 0 aromatic carbocycles. The second kappa shape index (κ2) is 12.9. The maximum Gasteiger partial charge on any atom is 0.481 e. The molecule has 0 radical (unpaired) electrons. The van der Waals surface area contributed by atoms with Gasteiger partial charge in [0.2, 0.25) is 5.91 Å². The highest BCUT2D eigenvalue weighted by atomic mass is 16.7. The Morgan fingerprint density at radius 2 is 1.75 bits per heavy atom. The van der Waals surface area contributed by atoms with Gasteiger partial charge in [0.15, 0.2) is 0 Å².